The van der Waals surface area contributed by atoms with Crippen molar-refractivity contribution in [2.45, 2.75) is 19.3 Å². The van der Waals surface area contributed by atoms with Gasteiger partial charge in [-0.25, -0.2) is 4.98 Å². The lowest BCUT2D eigenvalue weighted by atomic mass is 9.78. The maximum atomic E-state index is 11.5. The zero-order valence-electron chi connectivity index (χ0n) is 37.6. The number of pyridine rings is 1. The van der Waals surface area contributed by atoms with E-state index in [9.17, 15) is 5.11 Å². The highest BCUT2D eigenvalue weighted by Crippen LogP contribution is 2.45. The average Bonchev–Trinajstić information content (AvgIpc) is 3.99. The second-order valence-corrected chi connectivity index (χ2v) is 17.9. The summed E-state index contributed by atoms with van der Waals surface area (Å²) in [6.07, 6.45) is 1.91. The van der Waals surface area contributed by atoms with Gasteiger partial charge in [0.2, 0.25) is 0 Å². The summed E-state index contributed by atoms with van der Waals surface area (Å²) >= 11 is 0. The number of rotatable bonds is 9. The van der Waals surface area contributed by atoms with Gasteiger partial charge in [-0.1, -0.05) is 172 Å². The Morgan fingerprint density at radius 3 is 1.88 bits per heavy atom. The third kappa shape index (κ3) is 7.04. The molecule has 3 heterocycles. The van der Waals surface area contributed by atoms with Crippen LogP contribution in [0.3, 0.4) is 0 Å². The maximum absolute atomic E-state index is 11.5. The largest absolute Gasteiger partial charge is 0.507 e. The van der Waals surface area contributed by atoms with Gasteiger partial charge in [0.15, 0.2) is 0 Å². The van der Waals surface area contributed by atoms with Crippen molar-refractivity contribution in [2.75, 3.05) is 0 Å². The summed E-state index contributed by atoms with van der Waals surface area (Å²) in [5.74, 6) is 0.769. The van der Waals surface area contributed by atoms with E-state index in [4.69, 9.17) is 14.4 Å². The van der Waals surface area contributed by atoms with Crippen LogP contribution >= 0.6 is 0 Å². The predicted molar refractivity (Wildman–Crippen MR) is 279 cm³/mol. The highest BCUT2D eigenvalue weighted by atomic mass is 16.3. The molecule has 0 saturated heterocycles. The molecule has 5 nitrogen and oxygen atoms in total. The molecule has 5 heteroatoms. The van der Waals surface area contributed by atoms with E-state index < -0.39 is 0 Å². The molecule has 12 aromatic rings. The summed E-state index contributed by atoms with van der Waals surface area (Å²) < 4.78 is 8.93. The van der Waals surface area contributed by atoms with Crippen LogP contribution < -0.4 is 0 Å². The van der Waals surface area contributed by atoms with Gasteiger partial charge in [0.05, 0.1) is 33.4 Å². The third-order valence-corrected chi connectivity index (χ3v) is 13.5. The SMILES string of the molecule is CC(C)(c1ccccc1)c1ccc(-c2ccnc(-c3cc(-c4ccccc4)cc(-c4cccc5c4nc(-c4ccccc4O)n5-c4ccc(-c5ccccc5)c5oc6ccccc6c45)c3)c2)cc1. The van der Waals surface area contributed by atoms with Gasteiger partial charge in [0, 0.05) is 33.7 Å². The van der Waals surface area contributed by atoms with E-state index in [1.165, 1.54) is 11.1 Å². The minimum atomic E-state index is -0.134. The molecule has 0 spiro atoms. The van der Waals surface area contributed by atoms with Gasteiger partial charge in [-0.05, 0) is 111 Å². The summed E-state index contributed by atoms with van der Waals surface area (Å²) in [4.78, 5) is 10.5. The van der Waals surface area contributed by atoms with E-state index in [-0.39, 0.29) is 11.2 Å². The smallest absolute Gasteiger partial charge is 0.149 e. The normalized spacial score (nSPS) is 11.7. The van der Waals surface area contributed by atoms with E-state index in [2.05, 4.69) is 194 Å². The van der Waals surface area contributed by atoms with Crippen LogP contribution in [0.1, 0.15) is 25.0 Å². The van der Waals surface area contributed by atoms with Crippen LogP contribution in [0.5, 0.6) is 5.75 Å². The number of phenolic OH excluding ortho intramolecular Hbond substituents is 1. The van der Waals surface area contributed by atoms with Gasteiger partial charge < -0.3 is 9.52 Å². The zero-order chi connectivity index (χ0) is 45.8. The fourth-order valence-electron chi connectivity index (χ4n) is 9.86. The number of benzene rings is 9. The standard InChI is InChI=1S/C63H45N3O2/c1-63(2,48-21-10-5-11-22-48)49-31-29-42(30-32-49)44-35-36-64-54(40-44)47-38-45(41-17-6-3-7-18-41)37-46(39-47)50-25-16-26-56-60(50)65-62(52-23-12-14-27-57(52)67)66(56)55-34-33-51(43-19-8-4-9-20-43)61-59(55)53-24-13-15-28-58(53)68-61/h3-40,67H,1-2H3. The zero-order valence-corrected chi connectivity index (χ0v) is 37.6. The lowest BCUT2D eigenvalue weighted by Gasteiger charge is -2.26. The van der Waals surface area contributed by atoms with Gasteiger partial charge in [-0.15, -0.1) is 0 Å². The number of furan rings is 1. The Labute approximate surface area is 394 Å². The van der Waals surface area contributed by atoms with Crippen molar-refractivity contribution in [3.8, 4) is 78.6 Å². The first-order chi connectivity index (χ1) is 33.4. The van der Waals surface area contributed by atoms with Crippen LogP contribution in [0.25, 0.3) is 106 Å². The number of phenols is 1. The van der Waals surface area contributed by atoms with Crippen molar-refractivity contribution in [1.82, 2.24) is 14.5 Å². The van der Waals surface area contributed by atoms with E-state index in [0.717, 1.165) is 94.4 Å². The van der Waals surface area contributed by atoms with E-state index >= 15 is 0 Å². The molecule has 0 aliphatic rings. The van der Waals surface area contributed by atoms with Crippen LogP contribution in [0.15, 0.2) is 235 Å². The Balaban J connectivity index is 1.04. The van der Waals surface area contributed by atoms with Crippen LogP contribution in [0, 0.1) is 0 Å². The number of fused-ring (bicyclic) bond motifs is 4. The van der Waals surface area contributed by atoms with Gasteiger partial charge in [0.1, 0.15) is 22.7 Å². The van der Waals surface area contributed by atoms with Crippen molar-refractivity contribution < 1.29 is 9.52 Å². The van der Waals surface area contributed by atoms with Crippen molar-refractivity contribution >= 4 is 33.0 Å². The predicted octanol–water partition coefficient (Wildman–Crippen LogP) is 16.4. The first-order valence-electron chi connectivity index (χ1n) is 23.0. The quantitative estimate of drug-likeness (QED) is 0.157. The van der Waals surface area contributed by atoms with E-state index in [1.54, 1.807) is 6.07 Å². The number of hydrogen-bond donors (Lipinski definition) is 1. The molecule has 0 amide bonds. The van der Waals surface area contributed by atoms with Crippen LogP contribution in [-0.4, -0.2) is 19.6 Å². The Morgan fingerprint density at radius 2 is 1.10 bits per heavy atom. The van der Waals surface area contributed by atoms with Crippen molar-refractivity contribution in [2.24, 2.45) is 0 Å². The molecule has 0 fully saturated rings. The molecule has 0 saturated carbocycles. The second kappa shape index (κ2) is 16.6. The molecule has 324 valence electrons. The van der Waals surface area contributed by atoms with Crippen molar-refractivity contribution in [3.05, 3.63) is 242 Å². The molecular formula is C63H45N3O2. The molecule has 0 atom stereocenters. The summed E-state index contributed by atoms with van der Waals surface area (Å²) in [6, 6.07) is 77.8. The monoisotopic (exact) mass is 875 g/mol. The van der Waals surface area contributed by atoms with Crippen molar-refractivity contribution in [3.63, 3.8) is 0 Å². The number of aromatic nitrogens is 3. The molecule has 0 unspecified atom stereocenters. The lowest BCUT2D eigenvalue weighted by molar-refractivity contribution is 0.477. The average molecular weight is 876 g/mol. The molecule has 0 radical (unpaired) electrons. The molecule has 68 heavy (non-hydrogen) atoms. The Kier molecular flexibility index (Phi) is 9.92. The van der Waals surface area contributed by atoms with E-state index in [1.807, 2.05) is 48.7 Å². The minimum absolute atomic E-state index is 0.134. The molecule has 1 N–H and O–H groups in total. The van der Waals surface area contributed by atoms with Crippen molar-refractivity contribution in [1.29, 1.82) is 0 Å². The maximum Gasteiger partial charge on any atom is 0.149 e. The number of nitrogens with zero attached hydrogens (tertiary/aromatic N) is 3. The lowest BCUT2D eigenvalue weighted by Crippen LogP contribution is -2.18. The van der Waals surface area contributed by atoms with Crippen LogP contribution in [0.2, 0.25) is 0 Å². The van der Waals surface area contributed by atoms with Gasteiger partial charge in [0.25, 0.3) is 0 Å². The topological polar surface area (TPSA) is 64.1 Å². The van der Waals surface area contributed by atoms with Gasteiger partial charge in [-0.3, -0.25) is 9.55 Å². The first-order valence-corrected chi connectivity index (χ1v) is 23.0. The summed E-state index contributed by atoms with van der Waals surface area (Å²) in [7, 11) is 0. The molecule has 0 bridgehead atoms. The number of aromatic hydroxyl groups is 1. The Bertz CT molecular complexity index is 3810. The van der Waals surface area contributed by atoms with Gasteiger partial charge in [-0.2, -0.15) is 0 Å². The van der Waals surface area contributed by atoms with E-state index in [0.29, 0.717) is 11.4 Å². The van der Waals surface area contributed by atoms with Gasteiger partial charge >= 0.3 is 0 Å². The summed E-state index contributed by atoms with van der Waals surface area (Å²) in [6.45, 7) is 4.56. The first kappa shape index (κ1) is 40.7. The fourth-order valence-corrected chi connectivity index (χ4v) is 9.86. The Hall–Kier alpha value is -8.80. The third-order valence-electron chi connectivity index (χ3n) is 13.5. The highest BCUT2D eigenvalue weighted by Gasteiger charge is 2.25. The summed E-state index contributed by atoms with van der Waals surface area (Å²) in [5, 5.41) is 13.5. The molecule has 0 aliphatic carbocycles. The number of imidazole rings is 1. The molecule has 3 aromatic heterocycles. The second-order valence-electron chi connectivity index (χ2n) is 17.9. The minimum Gasteiger partial charge on any atom is -0.507 e. The molecule has 0 aliphatic heterocycles. The fraction of sp³-hybridized carbons (Fsp3) is 0.0476. The number of para-hydroxylation sites is 3. The highest BCUT2D eigenvalue weighted by molar-refractivity contribution is 6.14. The van der Waals surface area contributed by atoms with Crippen LogP contribution in [0.4, 0.5) is 0 Å². The van der Waals surface area contributed by atoms with Crippen LogP contribution in [-0.2, 0) is 5.41 Å². The summed E-state index contributed by atoms with van der Waals surface area (Å²) in [5.41, 5.74) is 17.5. The number of hydrogen-bond acceptors (Lipinski definition) is 4. The molecule has 12 rings (SSSR count). The molecular weight excluding hydrogens is 831 g/mol. The Morgan fingerprint density at radius 1 is 0.471 bits per heavy atom. The molecule has 9 aromatic carbocycles.